The Labute approximate surface area is 357 Å². The van der Waals surface area contributed by atoms with Crippen molar-refractivity contribution < 1.29 is 42.1 Å². The molecule has 0 unspecified atom stereocenters. The summed E-state index contributed by atoms with van der Waals surface area (Å²) >= 11 is 0. The number of ether oxygens (including phenoxy) is 2. The van der Waals surface area contributed by atoms with Gasteiger partial charge in [0.1, 0.15) is 23.0 Å². The molecule has 5 aromatic rings. The molecule has 0 saturated carbocycles. The van der Waals surface area contributed by atoms with Crippen molar-refractivity contribution in [1.82, 2.24) is 19.8 Å². The van der Waals surface area contributed by atoms with Gasteiger partial charge in [-0.3, -0.25) is 35.8 Å². The minimum Gasteiger partial charge on any atom is -1.00 e. The molecule has 2 saturated heterocycles. The van der Waals surface area contributed by atoms with Gasteiger partial charge in [-0.25, -0.2) is 4.98 Å². The maximum absolute atomic E-state index is 11.3. The van der Waals surface area contributed by atoms with Gasteiger partial charge in [0.2, 0.25) is 0 Å². The summed E-state index contributed by atoms with van der Waals surface area (Å²) in [6.07, 6.45) is 0. The summed E-state index contributed by atoms with van der Waals surface area (Å²) in [5, 5.41) is 38.4. The van der Waals surface area contributed by atoms with Gasteiger partial charge in [0, 0.05) is 94.4 Å². The first-order valence-corrected chi connectivity index (χ1v) is 18.7. The van der Waals surface area contributed by atoms with Crippen LogP contribution >= 0.6 is 0 Å². The van der Waals surface area contributed by atoms with Crippen molar-refractivity contribution in [3.63, 3.8) is 0 Å². The second kappa shape index (κ2) is 20.3. The lowest BCUT2D eigenvalue weighted by atomic mass is 10.1. The highest BCUT2D eigenvalue weighted by Gasteiger charge is 2.23. The monoisotopic (exact) mass is 863 g/mol. The van der Waals surface area contributed by atoms with E-state index in [1.54, 1.807) is 31.2 Å². The lowest BCUT2D eigenvalue weighted by Crippen LogP contribution is -3.00. The fourth-order valence-corrected chi connectivity index (χ4v) is 6.58. The number of nitrogens with one attached hydrogen (secondary N) is 1. The zero-order valence-corrected chi connectivity index (χ0v) is 35.2. The zero-order chi connectivity index (χ0) is 43.8. The fourth-order valence-electron chi connectivity index (χ4n) is 6.58. The van der Waals surface area contributed by atoms with Crippen LogP contribution in [0.1, 0.15) is 12.5 Å². The number of imidazole rings is 1. The molecule has 0 atom stereocenters. The molecule has 2 fully saturated rings. The van der Waals surface area contributed by atoms with Gasteiger partial charge in [0.25, 0.3) is 17.1 Å². The topological polar surface area (TPSA) is 293 Å². The maximum Gasteiger partial charge on any atom is 0.296 e. The molecule has 1 aromatic heterocycles. The first-order chi connectivity index (χ1) is 28.5. The van der Waals surface area contributed by atoms with Crippen LogP contribution in [0.3, 0.4) is 0 Å². The number of hydrogen-bond acceptors (Lipinski definition) is 16. The number of rotatable bonds is 9. The number of fused-ring (bicyclic) bond motifs is 1. The summed E-state index contributed by atoms with van der Waals surface area (Å²) in [6, 6.07) is 17.1. The average Bonchev–Trinajstić information content (AvgIpc) is 3.66. The Kier molecular flexibility index (Phi) is 15.6. The summed E-state index contributed by atoms with van der Waals surface area (Å²) in [5.41, 5.74) is 22.0. The maximum atomic E-state index is 11.3. The van der Waals surface area contributed by atoms with Crippen LogP contribution in [-0.4, -0.2) is 121 Å². The highest BCUT2D eigenvalue weighted by molar-refractivity contribution is 5.96. The Hall–Kier alpha value is -6.97. The summed E-state index contributed by atoms with van der Waals surface area (Å²) < 4.78 is 10.1. The summed E-state index contributed by atoms with van der Waals surface area (Å²) in [6.45, 7) is 9.37. The number of aromatic nitrogens is 2. The SMILES string of the molecule is CN1CCN(c2ccc(N)c([N+](=O)[O-])c2)CC1.COc1cc(-c2nc3ccc(N4CCN(C)CC4)cc3[nH]2)cc([N+](=O)[O-])c1N.COc1cc(C(C)=[NH2+])cc([N+](=O)[O-])c1N.[Cl-]. The number of nitrogen functional groups attached to an aromatic ring is 3. The van der Waals surface area contributed by atoms with E-state index in [0.29, 0.717) is 22.7 Å². The number of nitro benzene ring substituents is 3. The van der Waals surface area contributed by atoms with Crippen LogP contribution < -0.4 is 54.3 Å². The smallest absolute Gasteiger partial charge is 0.296 e. The van der Waals surface area contributed by atoms with Crippen LogP contribution in [0, 0.1) is 30.3 Å². The molecule has 21 nitrogen and oxygen atoms in total. The van der Waals surface area contributed by atoms with Crippen molar-refractivity contribution in [3.05, 3.63) is 96.6 Å². The van der Waals surface area contributed by atoms with E-state index in [4.69, 9.17) is 32.1 Å². The van der Waals surface area contributed by atoms with E-state index in [-0.39, 0.29) is 58.0 Å². The Morgan fingerprint density at radius 2 is 1.16 bits per heavy atom. The summed E-state index contributed by atoms with van der Waals surface area (Å²) in [7, 11) is 7.02. The minimum absolute atomic E-state index is 0. The van der Waals surface area contributed by atoms with E-state index in [1.165, 1.54) is 26.4 Å². The first-order valence-electron chi connectivity index (χ1n) is 18.7. The molecule has 0 spiro atoms. The van der Waals surface area contributed by atoms with Gasteiger partial charge in [-0.05, 0) is 56.6 Å². The number of H-pyrrole nitrogens is 1. The number of nitrogens with two attached hydrogens (primary N) is 4. The minimum atomic E-state index is -0.565. The number of methoxy groups -OCH3 is 2. The number of anilines is 5. The Morgan fingerprint density at radius 1 is 0.689 bits per heavy atom. The second-order valence-corrected chi connectivity index (χ2v) is 14.3. The number of piperazine rings is 2. The standard InChI is InChI=1S/C19H22N6O3.C11H16N4O2.C9H11N3O3.ClH/c1-23-5-7-24(8-6-23)13-3-4-14-15(11-13)22-19(21-14)12-9-16(25(26)27)18(20)17(10-12)28-2;1-13-4-6-14(7-5-13)9-2-3-10(12)11(8-9)15(16)17;1-5(10)6-3-7(12(13)14)9(11)8(4-6)15-2;/h3-4,9-11H,5-8,20H2,1-2H3,(H,21,22);2-3,8H,4-7,12H2,1H3;3-4,10H,11H2,1-2H3;1H. The molecule has 2 aliphatic rings. The molecule has 0 bridgehead atoms. The van der Waals surface area contributed by atoms with Crippen LogP contribution in [0.4, 0.5) is 45.5 Å². The van der Waals surface area contributed by atoms with Crippen molar-refractivity contribution in [2.24, 2.45) is 0 Å². The van der Waals surface area contributed by atoms with E-state index in [1.807, 2.05) is 12.1 Å². The van der Waals surface area contributed by atoms with Gasteiger partial charge < -0.3 is 63.7 Å². The second-order valence-electron chi connectivity index (χ2n) is 14.3. The third-order valence-corrected chi connectivity index (χ3v) is 10.2. The highest BCUT2D eigenvalue weighted by Crippen LogP contribution is 2.37. The molecule has 0 amide bonds. The van der Waals surface area contributed by atoms with Crippen molar-refractivity contribution in [1.29, 1.82) is 0 Å². The Bertz CT molecular complexity index is 2400. The molecule has 326 valence electrons. The van der Waals surface area contributed by atoms with E-state index in [0.717, 1.165) is 74.8 Å². The van der Waals surface area contributed by atoms with Crippen molar-refractivity contribution in [2.75, 3.05) is 108 Å². The largest absolute Gasteiger partial charge is 1.00 e. The van der Waals surface area contributed by atoms with E-state index in [2.05, 4.69) is 55.8 Å². The molecule has 4 aromatic carbocycles. The third kappa shape index (κ3) is 11.2. The predicted molar refractivity (Wildman–Crippen MR) is 232 cm³/mol. The number of hydrogen-bond donors (Lipinski definition) is 5. The van der Waals surface area contributed by atoms with Crippen LogP contribution in [-0.2, 0) is 0 Å². The number of nitro groups is 3. The molecule has 61 heavy (non-hydrogen) atoms. The van der Waals surface area contributed by atoms with E-state index in [9.17, 15) is 30.3 Å². The number of benzene rings is 4. The first kappa shape index (κ1) is 46.7. The molecule has 3 heterocycles. The Balaban J connectivity index is 0.000000214. The number of nitrogens with zero attached hydrogens (tertiary/aromatic N) is 8. The lowest BCUT2D eigenvalue weighted by molar-refractivity contribution is -0.384. The highest BCUT2D eigenvalue weighted by atomic mass is 35.5. The molecule has 0 aliphatic carbocycles. The van der Waals surface area contributed by atoms with Gasteiger partial charge in [0.15, 0.2) is 17.1 Å². The molecule has 22 heteroatoms. The number of halogens is 1. The van der Waals surface area contributed by atoms with Crippen LogP contribution in [0.2, 0.25) is 0 Å². The summed E-state index contributed by atoms with van der Waals surface area (Å²) in [4.78, 5) is 48.2. The van der Waals surface area contributed by atoms with Gasteiger partial charge >= 0.3 is 0 Å². The van der Waals surface area contributed by atoms with E-state index < -0.39 is 14.8 Å². The quantitative estimate of drug-likeness (QED) is 0.0571. The van der Waals surface area contributed by atoms with Crippen molar-refractivity contribution in [3.8, 4) is 22.9 Å². The molecular weight excluding hydrogens is 814 g/mol. The van der Waals surface area contributed by atoms with Gasteiger partial charge in [-0.1, -0.05) is 0 Å². The van der Waals surface area contributed by atoms with Crippen LogP contribution in [0.5, 0.6) is 11.5 Å². The van der Waals surface area contributed by atoms with Crippen LogP contribution in [0.15, 0.2) is 60.7 Å². The van der Waals surface area contributed by atoms with Gasteiger partial charge in [-0.15, -0.1) is 0 Å². The third-order valence-electron chi connectivity index (χ3n) is 10.2. The number of likely N-dealkylation sites (N-methyl/N-ethyl adjacent to an activating group) is 2. The zero-order valence-electron chi connectivity index (χ0n) is 34.5. The molecular formula is C39H50ClN13O8. The Morgan fingerprint density at radius 3 is 1.66 bits per heavy atom. The van der Waals surface area contributed by atoms with Gasteiger partial charge in [-0.2, -0.15) is 0 Å². The van der Waals surface area contributed by atoms with Crippen LogP contribution in [0.25, 0.3) is 22.4 Å². The molecule has 9 N–H and O–H groups in total. The van der Waals surface area contributed by atoms with Crippen molar-refractivity contribution in [2.45, 2.75) is 6.92 Å². The normalized spacial score (nSPS) is 14.1. The molecule has 0 radical (unpaired) electrons. The average molecular weight is 864 g/mol. The lowest BCUT2D eigenvalue weighted by Gasteiger charge is -2.34. The fraction of sp³-hybridized carbons (Fsp3) is 0.333. The predicted octanol–water partition coefficient (Wildman–Crippen LogP) is 0.167. The van der Waals surface area contributed by atoms with E-state index >= 15 is 0 Å². The molecule has 7 rings (SSSR count). The van der Waals surface area contributed by atoms with Gasteiger partial charge in [0.05, 0.1) is 45.6 Å². The number of aromatic amines is 1. The van der Waals surface area contributed by atoms with Crippen molar-refractivity contribution >= 4 is 62.2 Å². The molecule has 2 aliphatic heterocycles. The summed E-state index contributed by atoms with van der Waals surface area (Å²) in [5.74, 6) is 1.04.